The fraction of sp³-hybridized carbons (Fsp3) is 0.541. The summed E-state index contributed by atoms with van der Waals surface area (Å²) in [7, 11) is -3.92. The first-order valence-corrected chi connectivity index (χ1v) is 19.3. The first-order valence-electron chi connectivity index (χ1n) is 17.9. The molecule has 3 heterocycles. The van der Waals surface area contributed by atoms with E-state index in [1.165, 1.54) is 6.20 Å². The minimum absolute atomic E-state index is 0.130. The Morgan fingerprint density at radius 3 is 2.46 bits per heavy atom. The number of para-hydroxylation sites is 3. The van der Waals surface area contributed by atoms with Crippen LogP contribution in [0.2, 0.25) is 0 Å². The highest BCUT2D eigenvalue weighted by Gasteiger charge is 2.64. The third-order valence-corrected chi connectivity index (χ3v) is 13.2. The fourth-order valence-corrected chi connectivity index (χ4v) is 8.86. The van der Waals surface area contributed by atoms with Crippen molar-refractivity contribution in [2.75, 3.05) is 11.9 Å². The van der Waals surface area contributed by atoms with E-state index in [9.17, 15) is 22.8 Å². The predicted molar refractivity (Wildman–Crippen MR) is 188 cm³/mol. The van der Waals surface area contributed by atoms with Crippen LogP contribution in [0.4, 0.5) is 5.69 Å². The highest BCUT2D eigenvalue weighted by atomic mass is 32.2. The number of anilines is 1. The molecule has 0 spiro atoms. The van der Waals surface area contributed by atoms with Gasteiger partial charge in [0.2, 0.25) is 27.7 Å². The second kappa shape index (κ2) is 13.5. The molecule has 266 valence electrons. The second-order valence-electron chi connectivity index (χ2n) is 15.0. The molecular weight excluding hydrogens is 657 g/mol. The van der Waals surface area contributed by atoms with E-state index >= 15 is 0 Å². The monoisotopic (exact) mass is 702 g/mol. The number of aromatic nitrogens is 2. The topological polar surface area (TPSA) is 160 Å². The van der Waals surface area contributed by atoms with Crippen LogP contribution in [0, 0.1) is 11.8 Å². The largest absolute Gasteiger partial charge is 0.471 e. The van der Waals surface area contributed by atoms with Crippen molar-refractivity contribution in [3.05, 3.63) is 60.8 Å². The average molecular weight is 703 g/mol. The fourth-order valence-electron chi connectivity index (χ4n) is 7.54. The smallest absolute Gasteiger partial charge is 0.259 e. The summed E-state index contributed by atoms with van der Waals surface area (Å²) in [5, 5.41) is 6.42. The zero-order chi connectivity index (χ0) is 35.1. The highest BCUT2D eigenvalue weighted by molar-refractivity contribution is 7.91. The molecule has 3 N–H and O–H groups in total. The number of benzene rings is 2. The van der Waals surface area contributed by atoms with E-state index in [1.807, 2.05) is 54.6 Å². The van der Waals surface area contributed by atoms with Gasteiger partial charge in [-0.15, -0.1) is 0 Å². The van der Waals surface area contributed by atoms with Gasteiger partial charge in [0.1, 0.15) is 23.7 Å². The summed E-state index contributed by atoms with van der Waals surface area (Å²) in [5.74, 6) is -1.08. The number of nitrogens with zero attached hydrogens (tertiary/aromatic N) is 3. The molecule has 1 aromatic heterocycles. The quantitative estimate of drug-likeness (QED) is 0.326. The third kappa shape index (κ3) is 7.01. The van der Waals surface area contributed by atoms with E-state index in [0.29, 0.717) is 37.6 Å². The summed E-state index contributed by atoms with van der Waals surface area (Å²) in [5.41, 5.74) is 0.815. The van der Waals surface area contributed by atoms with Crippen LogP contribution in [0.5, 0.6) is 5.88 Å². The lowest BCUT2D eigenvalue weighted by Crippen LogP contribution is -2.58. The van der Waals surface area contributed by atoms with Gasteiger partial charge in [-0.05, 0) is 75.1 Å². The van der Waals surface area contributed by atoms with Crippen LogP contribution in [0.3, 0.4) is 0 Å². The van der Waals surface area contributed by atoms with Crippen molar-refractivity contribution in [3.8, 4) is 5.88 Å². The van der Waals surface area contributed by atoms with Gasteiger partial charge in [0.15, 0.2) is 0 Å². The van der Waals surface area contributed by atoms with Gasteiger partial charge in [-0.1, -0.05) is 62.9 Å². The maximum Gasteiger partial charge on any atom is 0.259 e. The summed E-state index contributed by atoms with van der Waals surface area (Å²) < 4.78 is 33.9. The molecular formula is C37H46N6O6S. The highest BCUT2D eigenvalue weighted by Crippen LogP contribution is 2.50. The van der Waals surface area contributed by atoms with Crippen LogP contribution in [-0.4, -0.2) is 76.0 Å². The molecule has 6 atom stereocenters. The zero-order valence-electron chi connectivity index (χ0n) is 28.6. The van der Waals surface area contributed by atoms with Crippen LogP contribution in [-0.2, 0) is 24.4 Å². The van der Waals surface area contributed by atoms with Gasteiger partial charge < -0.3 is 20.3 Å². The van der Waals surface area contributed by atoms with Gasteiger partial charge in [0.05, 0.1) is 28.5 Å². The number of carbonyl (C=O) groups is 3. The molecule has 7 rings (SSSR count). The Balaban J connectivity index is 1.19. The van der Waals surface area contributed by atoms with Gasteiger partial charge in [-0.3, -0.25) is 19.1 Å². The summed E-state index contributed by atoms with van der Waals surface area (Å²) in [4.78, 5) is 53.4. The van der Waals surface area contributed by atoms with Gasteiger partial charge in [-0.25, -0.2) is 18.4 Å². The number of hydrogen-bond donors (Lipinski definition) is 3. The lowest BCUT2D eigenvalue weighted by atomic mass is 9.94. The van der Waals surface area contributed by atoms with Gasteiger partial charge >= 0.3 is 0 Å². The van der Waals surface area contributed by atoms with Crippen LogP contribution in [0.25, 0.3) is 11.0 Å². The van der Waals surface area contributed by atoms with Crippen LogP contribution in [0.15, 0.2) is 60.8 Å². The molecule has 3 aromatic rings. The normalized spacial score (nSPS) is 29.8. The molecule has 2 saturated heterocycles. The molecule has 3 amide bonds. The molecule has 0 radical (unpaired) electrons. The summed E-state index contributed by atoms with van der Waals surface area (Å²) in [6.07, 6.45) is 7.37. The van der Waals surface area contributed by atoms with Crippen molar-refractivity contribution in [2.24, 2.45) is 11.8 Å². The molecule has 50 heavy (non-hydrogen) atoms. The number of rotatable bonds is 7. The summed E-state index contributed by atoms with van der Waals surface area (Å²) in [6.45, 7) is 3.90. The number of hydrogen-bond acceptors (Lipinski definition) is 9. The van der Waals surface area contributed by atoms with Crippen LogP contribution in [0.1, 0.15) is 78.1 Å². The van der Waals surface area contributed by atoms with E-state index in [2.05, 4.69) is 32.2 Å². The first kappa shape index (κ1) is 34.2. The molecule has 1 unspecified atom stereocenters. The second-order valence-corrected chi connectivity index (χ2v) is 17.2. The lowest BCUT2D eigenvalue weighted by molar-refractivity contribution is -0.140. The number of amides is 3. The van der Waals surface area contributed by atoms with Crippen molar-refractivity contribution in [1.29, 1.82) is 0 Å². The van der Waals surface area contributed by atoms with Crippen molar-refractivity contribution in [3.63, 3.8) is 0 Å². The summed E-state index contributed by atoms with van der Waals surface area (Å²) in [6, 6.07) is 15.4. The Morgan fingerprint density at radius 1 is 0.980 bits per heavy atom. The molecule has 2 aliphatic carbocycles. The molecule has 2 aliphatic heterocycles. The molecule has 12 nitrogen and oxygen atoms in total. The lowest BCUT2D eigenvalue weighted by Gasteiger charge is -2.30. The number of sulfonamides is 1. The Bertz CT molecular complexity index is 1870. The van der Waals surface area contributed by atoms with Gasteiger partial charge in [-0.2, -0.15) is 0 Å². The van der Waals surface area contributed by atoms with Crippen LogP contribution < -0.4 is 20.1 Å². The third-order valence-electron chi connectivity index (χ3n) is 11.0. The molecule has 2 saturated carbocycles. The molecule has 13 heteroatoms. The van der Waals surface area contributed by atoms with Crippen molar-refractivity contribution < 1.29 is 27.5 Å². The maximum atomic E-state index is 14.5. The van der Waals surface area contributed by atoms with E-state index in [-0.39, 0.29) is 36.6 Å². The molecule has 4 aliphatic rings. The van der Waals surface area contributed by atoms with Crippen molar-refractivity contribution >= 4 is 44.5 Å². The van der Waals surface area contributed by atoms with E-state index in [0.717, 1.165) is 36.9 Å². The Labute approximate surface area is 293 Å². The first-order chi connectivity index (χ1) is 24.0. The Kier molecular flexibility index (Phi) is 9.21. The van der Waals surface area contributed by atoms with E-state index in [1.54, 1.807) is 11.8 Å². The van der Waals surface area contributed by atoms with E-state index < -0.39 is 50.3 Å². The number of ether oxygens (including phenoxy) is 1. The Morgan fingerprint density at radius 2 is 1.70 bits per heavy atom. The SMILES string of the molecule is CC1CCCCC[C@H](Nc2ccccc2)C(=O)N2C[C@H](Oc3cnc4ccccc4n3)C[C@H]2C(=O)N[C@]2(C(=O)NS(=O)(=O)C3(C)CC3)C[C@H]2C1. The molecule has 0 bridgehead atoms. The zero-order valence-corrected chi connectivity index (χ0v) is 29.5. The molecule has 4 fully saturated rings. The minimum Gasteiger partial charge on any atom is -0.471 e. The van der Waals surface area contributed by atoms with Crippen molar-refractivity contribution in [2.45, 2.75) is 107 Å². The van der Waals surface area contributed by atoms with Crippen molar-refractivity contribution in [1.82, 2.24) is 24.9 Å². The van der Waals surface area contributed by atoms with E-state index in [4.69, 9.17) is 4.74 Å². The summed E-state index contributed by atoms with van der Waals surface area (Å²) >= 11 is 0. The number of carbonyl (C=O) groups excluding carboxylic acids is 3. The van der Waals surface area contributed by atoms with Gasteiger partial charge in [0, 0.05) is 12.1 Å². The number of fused-ring (bicyclic) bond motifs is 3. The predicted octanol–water partition coefficient (Wildman–Crippen LogP) is 4.32. The van der Waals surface area contributed by atoms with Gasteiger partial charge in [0.25, 0.3) is 5.91 Å². The van der Waals surface area contributed by atoms with Crippen LogP contribution >= 0.6 is 0 Å². The maximum absolute atomic E-state index is 14.5. The average Bonchev–Trinajstić information content (AvgIpc) is 3.97. The number of nitrogens with one attached hydrogen (secondary N) is 3. The standard InChI is InChI=1S/C37H46N6O6S/c1-24-11-5-3-8-16-30(39-26-12-6-4-7-13-26)34(45)43-23-27(49-32-22-38-28-14-9-10-15-29(28)40-32)20-31(43)33(44)41-37(21-25(37)19-24)35(46)42-50(47,48)36(2)17-18-36/h4,6-7,9-10,12-15,22,24-25,27,30-31,39H,3,5,8,11,16-21,23H2,1-2H3,(H,41,44)(H,42,46)/t24?,25-,27-,30+,31+,37-/m1/s1. The minimum atomic E-state index is -3.92. The molecule has 2 aromatic carbocycles. The Hall–Kier alpha value is -4.26.